The number of benzene rings is 1. The molecule has 11 heteroatoms. The fourth-order valence-electron chi connectivity index (χ4n) is 1.65. The minimum absolute atomic E-state index is 0.357. The maximum absolute atomic E-state index is 9.55. The Hall–Kier alpha value is -2.17. The summed E-state index contributed by atoms with van der Waals surface area (Å²) in [6.45, 7) is 2.37. The fourth-order valence-corrected chi connectivity index (χ4v) is 1.95. The molecule has 1 rings (SSSR count). The van der Waals surface area contributed by atoms with E-state index in [-0.39, 0.29) is 0 Å². The van der Waals surface area contributed by atoms with Crippen LogP contribution >= 0.6 is 23.2 Å². The molecule has 0 bridgehead atoms. The topological polar surface area (TPSA) is 141 Å². The molecule has 4 N–H and O–H groups in total. The van der Waals surface area contributed by atoms with E-state index in [9.17, 15) is 9.59 Å². The van der Waals surface area contributed by atoms with Crippen molar-refractivity contribution in [3.63, 3.8) is 0 Å². The molecule has 0 atom stereocenters. The van der Waals surface area contributed by atoms with E-state index in [1.807, 2.05) is 6.07 Å². The third kappa shape index (κ3) is 14.5. The molecule has 0 heterocycles. The summed E-state index contributed by atoms with van der Waals surface area (Å²) in [6, 6.07) is 5.32. The number of rotatable bonds is 12. The monoisotopic (exact) mass is 450 g/mol. The first-order chi connectivity index (χ1) is 13.8. The van der Waals surface area contributed by atoms with Gasteiger partial charge in [0.1, 0.15) is 6.61 Å². The van der Waals surface area contributed by atoms with Gasteiger partial charge in [-0.15, -0.1) is 0 Å². The van der Waals surface area contributed by atoms with E-state index in [0.29, 0.717) is 61.6 Å². The summed E-state index contributed by atoms with van der Waals surface area (Å²) in [5.41, 5.74) is 6.96. The van der Waals surface area contributed by atoms with Crippen LogP contribution in [0.1, 0.15) is 12.0 Å². The normalized spacial score (nSPS) is 11.1. The fraction of sp³-hybridized carbons (Fsp3) is 0.389. The predicted molar refractivity (Wildman–Crippen MR) is 110 cm³/mol. The number of carboxylic acid groups (broad SMARTS) is 2. The molecule has 29 heavy (non-hydrogen) atoms. The number of carboxylic acids is 2. The van der Waals surface area contributed by atoms with Crippen LogP contribution in [0.15, 0.2) is 35.5 Å². The zero-order valence-electron chi connectivity index (χ0n) is 15.8. The number of carbonyl (C=O) groups is 2. The molecule has 0 aliphatic carbocycles. The van der Waals surface area contributed by atoms with Gasteiger partial charge in [0.2, 0.25) is 0 Å². The van der Waals surface area contributed by atoms with Gasteiger partial charge in [-0.1, -0.05) is 34.4 Å². The molecule has 1 aromatic carbocycles. The molecule has 0 spiro atoms. The summed E-state index contributed by atoms with van der Waals surface area (Å²) >= 11 is 11.9. The molecule has 9 nitrogen and oxygen atoms in total. The minimum atomic E-state index is -1.26. The van der Waals surface area contributed by atoms with Gasteiger partial charge in [-0.05, 0) is 12.1 Å². The van der Waals surface area contributed by atoms with Crippen LogP contribution in [0, 0.1) is 0 Å². The number of nitrogens with two attached hydrogens (primary N) is 1. The lowest BCUT2D eigenvalue weighted by Gasteiger charge is -2.09. The second-order valence-corrected chi connectivity index (χ2v) is 5.97. The van der Waals surface area contributed by atoms with Crippen LogP contribution in [-0.2, 0) is 23.9 Å². The number of nitrogens with zero attached hydrogens (tertiary/aromatic N) is 1. The maximum Gasteiger partial charge on any atom is 0.328 e. The van der Waals surface area contributed by atoms with Crippen LogP contribution in [0.4, 0.5) is 0 Å². The van der Waals surface area contributed by atoms with Crippen LogP contribution in [-0.4, -0.2) is 67.9 Å². The van der Waals surface area contributed by atoms with Gasteiger partial charge >= 0.3 is 11.9 Å². The van der Waals surface area contributed by atoms with Gasteiger partial charge < -0.3 is 30.3 Å². The molecule has 0 saturated carbocycles. The number of aliphatic carboxylic acids is 2. The van der Waals surface area contributed by atoms with Crippen LogP contribution in [0.2, 0.25) is 10.0 Å². The van der Waals surface area contributed by atoms with Crippen molar-refractivity contribution in [2.75, 3.05) is 40.1 Å². The van der Waals surface area contributed by atoms with Crippen molar-refractivity contribution < 1.29 is 34.1 Å². The van der Waals surface area contributed by atoms with Gasteiger partial charge in [-0.3, -0.25) is 0 Å². The number of ether oxygens (including phenoxy) is 2. The van der Waals surface area contributed by atoms with E-state index in [2.05, 4.69) is 5.16 Å². The van der Waals surface area contributed by atoms with Crippen molar-refractivity contribution in [3.8, 4) is 0 Å². The van der Waals surface area contributed by atoms with Crippen molar-refractivity contribution in [2.45, 2.75) is 6.42 Å². The van der Waals surface area contributed by atoms with E-state index in [4.69, 9.17) is 53.5 Å². The van der Waals surface area contributed by atoms with Gasteiger partial charge in [0, 0.05) is 37.8 Å². The van der Waals surface area contributed by atoms with Gasteiger partial charge in [0.15, 0.2) is 0 Å². The van der Waals surface area contributed by atoms with Gasteiger partial charge in [-0.2, -0.15) is 0 Å². The summed E-state index contributed by atoms with van der Waals surface area (Å²) in [7, 11) is 1.63. The molecule has 0 unspecified atom stereocenters. The molecule has 0 saturated heterocycles. The molecule has 162 valence electrons. The first-order valence-electron chi connectivity index (χ1n) is 8.36. The lowest BCUT2D eigenvalue weighted by atomic mass is 10.1. The highest BCUT2D eigenvalue weighted by Crippen LogP contribution is 2.23. The number of hydrogen-bond donors (Lipinski definition) is 3. The number of halogens is 2. The standard InChI is InChI=1S/C14H20Cl2N2O3.C4H4O4/c1-19-8-9-20-6-4-14(18-21-7-5-17)11-2-3-12(15)13(16)10-11;5-3(6)1-2-4(7)8/h2-3,10H,4-9,17H2,1H3;1-2H,(H,5,6)(H,7,8). The Bertz CT molecular complexity index is 681. The molecular weight excluding hydrogens is 427 g/mol. The minimum Gasteiger partial charge on any atom is -0.478 e. The molecule has 0 fully saturated rings. The van der Waals surface area contributed by atoms with Crippen molar-refractivity contribution in [1.82, 2.24) is 0 Å². The Labute approximate surface area is 178 Å². The smallest absolute Gasteiger partial charge is 0.328 e. The zero-order valence-corrected chi connectivity index (χ0v) is 17.4. The number of hydrogen-bond acceptors (Lipinski definition) is 7. The van der Waals surface area contributed by atoms with E-state index in [0.717, 1.165) is 11.3 Å². The second-order valence-electron chi connectivity index (χ2n) is 5.15. The molecule has 0 radical (unpaired) electrons. The molecule has 1 aromatic rings. The van der Waals surface area contributed by atoms with Crippen LogP contribution in [0.3, 0.4) is 0 Å². The Morgan fingerprint density at radius 3 is 2.24 bits per heavy atom. The molecular formula is C18H24Cl2N2O7. The summed E-state index contributed by atoms with van der Waals surface area (Å²) in [5.74, 6) is -2.51. The van der Waals surface area contributed by atoms with Crippen molar-refractivity contribution in [1.29, 1.82) is 0 Å². The summed E-state index contributed by atoms with van der Waals surface area (Å²) < 4.78 is 10.4. The van der Waals surface area contributed by atoms with Crippen LogP contribution in [0.5, 0.6) is 0 Å². The third-order valence-electron chi connectivity index (χ3n) is 2.92. The molecule has 0 aromatic heterocycles. The number of oxime groups is 1. The highest BCUT2D eigenvalue weighted by atomic mass is 35.5. The van der Waals surface area contributed by atoms with Crippen LogP contribution < -0.4 is 5.73 Å². The van der Waals surface area contributed by atoms with E-state index in [1.165, 1.54) is 0 Å². The summed E-state index contributed by atoms with van der Waals surface area (Å²) in [6.07, 6.45) is 1.71. The number of methoxy groups -OCH3 is 1. The Morgan fingerprint density at radius 2 is 1.72 bits per heavy atom. The summed E-state index contributed by atoms with van der Waals surface area (Å²) in [4.78, 5) is 24.3. The zero-order chi connectivity index (χ0) is 22.1. The van der Waals surface area contributed by atoms with Crippen molar-refractivity contribution >= 4 is 40.9 Å². The Balaban J connectivity index is 0.000000828. The lowest BCUT2D eigenvalue weighted by Crippen LogP contribution is -2.11. The third-order valence-corrected chi connectivity index (χ3v) is 3.66. The van der Waals surface area contributed by atoms with Gasteiger partial charge in [-0.25, -0.2) is 9.59 Å². The predicted octanol–water partition coefficient (Wildman–Crippen LogP) is 2.44. The SMILES string of the molecule is COCCOCCC(=NOCCN)c1ccc(Cl)c(Cl)c1.O=C(O)C=CC(=O)O. The highest BCUT2D eigenvalue weighted by molar-refractivity contribution is 6.42. The summed E-state index contributed by atoms with van der Waals surface area (Å²) in [5, 5.41) is 20.7. The van der Waals surface area contributed by atoms with Crippen molar-refractivity contribution in [3.05, 3.63) is 46.0 Å². The lowest BCUT2D eigenvalue weighted by molar-refractivity contribution is -0.134. The average Bonchev–Trinajstić information content (AvgIpc) is 2.67. The first-order valence-corrected chi connectivity index (χ1v) is 9.12. The average molecular weight is 451 g/mol. The van der Waals surface area contributed by atoms with E-state index in [1.54, 1.807) is 19.2 Å². The molecule has 0 aliphatic heterocycles. The highest BCUT2D eigenvalue weighted by Gasteiger charge is 2.08. The Kier molecular flexibility index (Phi) is 15.5. The Morgan fingerprint density at radius 1 is 1.07 bits per heavy atom. The first kappa shape index (κ1) is 26.8. The van der Waals surface area contributed by atoms with E-state index >= 15 is 0 Å². The van der Waals surface area contributed by atoms with E-state index < -0.39 is 11.9 Å². The quantitative estimate of drug-likeness (QED) is 0.191. The maximum atomic E-state index is 9.55. The molecule has 0 aliphatic rings. The van der Waals surface area contributed by atoms with Gasteiger partial charge in [0.25, 0.3) is 0 Å². The van der Waals surface area contributed by atoms with Crippen molar-refractivity contribution in [2.24, 2.45) is 10.9 Å². The largest absolute Gasteiger partial charge is 0.478 e. The second kappa shape index (κ2) is 16.8. The molecule has 0 amide bonds. The van der Waals surface area contributed by atoms with Gasteiger partial charge in [0.05, 0.1) is 35.6 Å². The van der Waals surface area contributed by atoms with Crippen LogP contribution in [0.25, 0.3) is 0 Å².